The second-order valence-corrected chi connectivity index (χ2v) is 4.00. The molecule has 0 aromatic rings. The van der Waals surface area contributed by atoms with Gasteiger partial charge in [0, 0.05) is 25.1 Å². The topological polar surface area (TPSA) is 21.3 Å². The lowest BCUT2D eigenvalue weighted by Gasteiger charge is -2.18. The second kappa shape index (κ2) is 6.63. The zero-order chi connectivity index (χ0) is 9.52. The van der Waals surface area contributed by atoms with E-state index in [9.17, 15) is 0 Å². The molecule has 1 heterocycles. The first-order valence-electron chi connectivity index (χ1n) is 5.27. The molecule has 13 heavy (non-hydrogen) atoms. The molecule has 0 saturated carbocycles. The molecule has 78 valence electrons. The smallest absolute Gasteiger partial charge is 0.0700 e. The van der Waals surface area contributed by atoms with Crippen LogP contribution in [0.5, 0.6) is 0 Å². The summed E-state index contributed by atoms with van der Waals surface area (Å²) < 4.78 is 5.53. The minimum absolute atomic E-state index is 0.448. The third-order valence-corrected chi connectivity index (χ3v) is 2.83. The minimum Gasteiger partial charge on any atom is -0.377 e. The molecule has 2 unspecified atom stereocenters. The minimum atomic E-state index is 0.448. The summed E-state index contributed by atoms with van der Waals surface area (Å²) in [6, 6.07) is 0.571. The van der Waals surface area contributed by atoms with Crippen LogP contribution in [0.15, 0.2) is 0 Å². The van der Waals surface area contributed by atoms with Gasteiger partial charge >= 0.3 is 0 Å². The highest BCUT2D eigenvalue weighted by Gasteiger charge is 2.16. The Kier molecular flexibility index (Phi) is 5.76. The zero-order valence-corrected chi connectivity index (χ0v) is 9.15. The van der Waals surface area contributed by atoms with Crippen LogP contribution in [0.2, 0.25) is 0 Å². The van der Waals surface area contributed by atoms with E-state index in [1.54, 1.807) is 0 Å². The fraction of sp³-hybridized carbons (Fsp3) is 1.00. The summed E-state index contributed by atoms with van der Waals surface area (Å²) in [6.45, 7) is 4.13. The average molecular weight is 206 g/mol. The number of rotatable bonds is 6. The standard InChI is InChI=1S/C10H20ClNO/c1-2-9(5-6-11)12-8-10-4-3-7-13-10/h9-10,12H,2-8H2,1H3. The largest absolute Gasteiger partial charge is 0.377 e. The first-order valence-corrected chi connectivity index (χ1v) is 5.81. The molecule has 0 radical (unpaired) electrons. The maximum absolute atomic E-state index is 5.70. The molecular weight excluding hydrogens is 186 g/mol. The van der Waals surface area contributed by atoms with Crippen molar-refractivity contribution in [3.63, 3.8) is 0 Å². The molecule has 1 aliphatic rings. The lowest BCUT2D eigenvalue weighted by molar-refractivity contribution is 0.107. The van der Waals surface area contributed by atoms with E-state index in [4.69, 9.17) is 16.3 Å². The van der Waals surface area contributed by atoms with E-state index in [0.29, 0.717) is 12.1 Å². The summed E-state index contributed by atoms with van der Waals surface area (Å²) in [5, 5.41) is 3.50. The van der Waals surface area contributed by atoms with E-state index >= 15 is 0 Å². The summed E-state index contributed by atoms with van der Waals surface area (Å²) in [7, 11) is 0. The van der Waals surface area contributed by atoms with Crippen molar-refractivity contribution in [2.24, 2.45) is 0 Å². The predicted octanol–water partition coefficient (Wildman–Crippen LogP) is 2.16. The maximum atomic E-state index is 5.70. The molecule has 0 aromatic carbocycles. The normalized spacial score (nSPS) is 24.9. The van der Waals surface area contributed by atoms with Crippen LogP contribution in [0.1, 0.15) is 32.6 Å². The Morgan fingerprint density at radius 3 is 3.00 bits per heavy atom. The molecule has 3 heteroatoms. The highest BCUT2D eigenvalue weighted by molar-refractivity contribution is 6.17. The van der Waals surface area contributed by atoms with Gasteiger partial charge in [-0.05, 0) is 25.7 Å². The van der Waals surface area contributed by atoms with Gasteiger partial charge < -0.3 is 10.1 Å². The van der Waals surface area contributed by atoms with Crippen molar-refractivity contribution >= 4 is 11.6 Å². The Hall–Kier alpha value is 0.210. The number of nitrogens with one attached hydrogen (secondary N) is 1. The van der Waals surface area contributed by atoms with Crippen molar-refractivity contribution in [2.45, 2.75) is 44.8 Å². The Labute approximate surface area is 86.0 Å². The predicted molar refractivity (Wildman–Crippen MR) is 56.4 cm³/mol. The summed E-state index contributed by atoms with van der Waals surface area (Å²) in [6.07, 6.45) is 5.09. The lowest BCUT2D eigenvalue weighted by Crippen LogP contribution is -2.35. The van der Waals surface area contributed by atoms with E-state index in [2.05, 4.69) is 12.2 Å². The Morgan fingerprint density at radius 1 is 1.62 bits per heavy atom. The van der Waals surface area contributed by atoms with Gasteiger partial charge in [0.1, 0.15) is 0 Å². The number of ether oxygens (including phenoxy) is 1. The molecule has 1 aliphatic heterocycles. The molecule has 0 aromatic heterocycles. The van der Waals surface area contributed by atoms with Crippen molar-refractivity contribution in [3.8, 4) is 0 Å². The van der Waals surface area contributed by atoms with Crippen LogP contribution >= 0.6 is 11.6 Å². The molecule has 1 rings (SSSR count). The van der Waals surface area contributed by atoms with Crippen LogP contribution in [-0.2, 0) is 4.74 Å². The van der Waals surface area contributed by atoms with Gasteiger partial charge in [-0.1, -0.05) is 6.92 Å². The molecule has 0 amide bonds. The summed E-state index contributed by atoms with van der Waals surface area (Å²) in [4.78, 5) is 0. The monoisotopic (exact) mass is 205 g/mol. The maximum Gasteiger partial charge on any atom is 0.0700 e. The summed E-state index contributed by atoms with van der Waals surface area (Å²) >= 11 is 5.70. The highest BCUT2D eigenvalue weighted by atomic mass is 35.5. The molecule has 2 nitrogen and oxygen atoms in total. The molecule has 1 saturated heterocycles. The van der Waals surface area contributed by atoms with Crippen LogP contribution in [0.3, 0.4) is 0 Å². The highest BCUT2D eigenvalue weighted by Crippen LogP contribution is 2.11. The number of alkyl halides is 1. The Bertz CT molecular complexity index is 126. The number of hydrogen-bond donors (Lipinski definition) is 1. The van der Waals surface area contributed by atoms with Crippen molar-refractivity contribution in [3.05, 3.63) is 0 Å². The second-order valence-electron chi connectivity index (χ2n) is 3.63. The fourth-order valence-corrected chi connectivity index (χ4v) is 1.95. The van der Waals surface area contributed by atoms with Crippen molar-refractivity contribution in [1.29, 1.82) is 0 Å². The molecular formula is C10H20ClNO. The van der Waals surface area contributed by atoms with Gasteiger partial charge in [0.2, 0.25) is 0 Å². The average Bonchev–Trinajstić information content (AvgIpc) is 2.64. The van der Waals surface area contributed by atoms with Gasteiger partial charge in [-0.3, -0.25) is 0 Å². The van der Waals surface area contributed by atoms with Gasteiger partial charge in [-0.15, -0.1) is 11.6 Å². The third kappa shape index (κ3) is 4.30. The van der Waals surface area contributed by atoms with E-state index in [1.807, 2.05) is 0 Å². The van der Waals surface area contributed by atoms with E-state index in [1.165, 1.54) is 12.8 Å². The van der Waals surface area contributed by atoms with Crippen LogP contribution in [-0.4, -0.2) is 31.2 Å². The van der Waals surface area contributed by atoms with Gasteiger partial charge in [0.15, 0.2) is 0 Å². The van der Waals surface area contributed by atoms with E-state index in [0.717, 1.165) is 31.9 Å². The number of hydrogen-bond acceptors (Lipinski definition) is 2. The SMILES string of the molecule is CCC(CCCl)NCC1CCCO1. The van der Waals surface area contributed by atoms with Crippen LogP contribution in [0.25, 0.3) is 0 Å². The lowest BCUT2D eigenvalue weighted by atomic mass is 10.1. The van der Waals surface area contributed by atoms with E-state index in [-0.39, 0.29) is 0 Å². The van der Waals surface area contributed by atoms with Gasteiger partial charge in [0.05, 0.1) is 6.10 Å². The molecule has 1 N–H and O–H groups in total. The number of halogens is 1. The fourth-order valence-electron chi connectivity index (χ4n) is 1.69. The van der Waals surface area contributed by atoms with Gasteiger partial charge in [-0.25, -0.2) is 0 Å². The molecule has 2 atom stereocenters. The van der Waals surface area contributed by atoms with Crippen LogP contribution in [0, 0.1) is 0 Å². The van der Waals surface area contributed by atoms with Crippen LogP contribution < -0.4 is 5.32 Å². The molecule has 0 bridgehead atoms. The van der Waals surface area contributed by atoms with E-state index < -0.39 is 0 Å². The van der Waals surface area contributed by atoms with Gasteiger partial charge in [0.25, 0.3) is 0 Å². The molecule has 1 fully saturated rings. The zero-order valence-electron chi connectivity index (χ0n) is 8.39. The Morgan fingerprint density at radius 2 is 2.46 bits per heavy atom. The van der Waals surface area contributed by atoms with Crippen molar-refractivity contribution in [1.82, 2.24) is 5.32 Å². The van der Waals surface area contributed by atoms with Crippen LogP contribution in [0.4, 0.5) is 0 Å². The van der Waals surface area contributed by atoms with Crippen molar-refractivity contribution < 1.29 is 4.74 Å². The summed E-state index contributed by atoms with van der Waals surface area (Å²) in [5.74, 6) is 0.747. The third-order valence-electron chi connectivity index (χ3n) is 2.61. The first kappa shape index (κ1) is 11.3. The quantitative estimate of drug-likeness (QED) is 0.672. The summed E-state index contributed by atoms with van der Waals surface area (Å²) in [5.41, 5.74) is 0. The van der Waals surface area contributed by atoms with Crippen molar-refractivity contribution in [2.75, 3.05) is 19.0 Å². The first-order chi connectivity index (χ1) is 6.36. The van der Waals surface area contributed by atoms with Gasteiger partial charge in [-0.2, -0.15) is 0 Å². The Balaban J connectivity index is 2.07. The molecule has 0 aliphatic carbocycles. The molecule has 0 spiro atoms.